The van der Waals surface area contributed by atoms with E-state index in [4.69, 9.17) is 11.6 Å². The number of hydrogen-bond donors (Lipinski definition) is 1. The van der Waals surface area contributed by atoms with Gasteiger partial charge in [-0.15, -0.1) is 0 Å². The van der Waals surface area contributed by atoms with Crippen molar-refractivity contribution in [3.8, 4) is 0 Å². The first-order chi connectivity index (χ1) is 9.08. The molecule has 0 saturated heterocycles. The molecule has 4 nitrogen and oxygen atoms in total. The van der Waals surface area contributed by atoms with Crippen molar-refractivity contribution in [1.29, 1.82) is 0 Å². The van der Waals surface area contributed by atoms with Crippen LogP contribution >= 0.6 is 27.5 Å². The smallest absolute Gasteiger partial charge is 0.253 e. The van der Waals surface area contributed by atoms with Crippen molar-refractivity contribution >= 4 is 33.4 Å². The summed E-state index contributed by atoms with van der Waals surface area (Å²) in [4.78, 5) is 16.1. The first-order valence-electron chi connectivity index (χ1n) is 5.78. The molecule has 1 N–H and O–H groups in total. The molecule has 0 fully saturated rings. The fraction of sp³-hybridized carbons (Fsp3) is 0.231. The van der Waals surface area contributed by atoms with Gasteiger partial charge in [0, 0.05) is 29.5 Å². The Bertz CT molecular complexity index is 571. The molecular formula is C13H13BrClN3O. The molecule has 0 saturated carbocycles. The maximum Gasteiger partial charge on any atom is 0.253 e. The highest BCUT2D eigenvalue weighted by molar-refractivity contribution is 9.10. The Labute approximate surface area is 124 Å². The number of aromatic nitrogens is 2. The first kappa shape index (κ1) is 14.1. The SMILES string of the molecule is CC(Cn1ccnc1)NC(=O)c1cccc(Br)c1Cl. The van der Waals surface area contributed by atoms with Crippen LogP contribution in [0.2, 0.25) is 5.02 Å². The largest absolute Gasteiger partial charge is 0.348 e. The normalized spacial score (nSPS) is 12.2. The molecule has 1 atom stereocenters. The minimum atomic E-state index is -0.182. The number of carbonyl (C=O) groups is 1. The highest BCUT2D eigenvalue weighted by Crippen LogP contribution is 2.25. The lowest BCUT2D eigenvalue weighted by Gasteiger charge is -2.15. The zero-order valence-corrected chi connectivity index (χ0v) is 12.6. The number of halogens is 2. The van der Waals surface area contributed by atoms with E-state index in [1.54, 1.807) is 30.7 Å². The topological polar surface area (TPSA) is 46.9 Å². The summed E-state index contributed by atoms with van der Waals surface area (Å²) in [6.45, 7) is 2.60. The van der Waals surface area contributed by atoms with Crippen LogP contribution in [-0.4, -0.2) is 21.5 Å². The predicted molar refractivity (Wildman–Crippen MR) is 78.3 cm³/mol. The van der Waals surface area contributed by atoms with Crippen LogP contribution in [0.3, 0.4) is 0 Å². The van der Waals surface area contributed by atoms with Crippen molar-refractivity contribution < 1.29 is 4.79 Å². The summed E-state index contributed by atoms with van der Waals surface area (Å²) >= 11 is 9.40. The van der Waals surface area contributed by atoms with E-state index in [1.165, 1.54) is 0 Å². The van der Waals surface area contributed by atoms with E-state index in [0.29, 0.717) is 21.6 Å². The van der Waals surface area contributed by atoms with Crippen LogP contribution in [0.5, 0.6) is 0 Å². The van der Waals surface area contributed by atoms with Crippen LogP contribution in [0.25, 0.3) is 0 Å². The minimum Gasteiger partial charge on any atom is -0.348 e. The zero-order valence-electron chi connectivity index (χ0n) is 10.3. The Balaban J connectivity index is 2.02. The van der Waals surface area contributed by atoms with Crippen molar-refractivity contribution in [3.63, 3.8) is 0 Å². The van der Waals surface area contributed by atoms with E-state index in [1.807, 2.05) is 17.7 Å². The molecule has 0 aliphatic rings. The lowest BCUT2D eigenvalue weighted by molar-refractivity contribution is 0.0937. The molecule has 0 spiro atoms. The summed E-state index contributed by atoms with van der Waals surface area (Å²) in [7, 11) is 0. The standard InChI is InChI=1S/C13H13BrClN3O/c1-9(7-18-6-5-16-8-18)17-13(19)10-3-2-4-11(14)12(10)15/h2-6,8-9H,7H2,1H3,(H,17,19). The summed E-state index contributed by atoms with van der Waals surface area (Å²) in [6, 6.07) is 5.27. The van der Waals surface area contributed by atoms with Crippen molar-refractivity contribution in [2.24, 2.45) is 0 Å². The van der Waals surface area contributed by atoms with E-state index in [-0.39, 0.29) is 11.9 Å². The highest BCUT2D eigenvalue weighted by Gasteiger charge is 2.14. The summed E-state index contributed by atoms with van der Waals surface area (Å²) in [5, 5.41) is 3.34. The lowest BCUT2D eigenvalue weighted by atomic mass is 10.2. The predicted octanol–water partition coefficient (Wildman–Crippen LogP) is 3.12. The Hall–Kier alpha value is -1.33. The van der Waals surface area contributed by atoms with Gasteiger partial charge in [-0.25, -0.2) is 4.98 Å². The van der Waals surface area contributed by atoms with Crippen LogP contribution in [0.4, 0.5) is 0 Å². The Morgan fingerprint density at radius 1 is 1.58 bits per heavy atom. The van der Waals surface area contributed by atoms with Crippen LogP contribution in [0.1, 0.15) is 17.3 Å². The maximum atomic E-state index is 12.1. The number of imidazole rings is 1. The van der Waals surface area contributed by atoms with Gasteiger partial charge >= 0.3 is 0 Å². The summed E-state index contributed by atoms with van der Waals surface area (Å²) in [5.41, 5.74) is 0.466. The molecule has 0 aliphatic carbocycles. The fourth-order valence-corrected chi connectivity index (χ4v) is 2.32. The summed E-state index contributed by atoms with van der Waals surface area (Å²) in [6.07, 6.45) is 5.28. The highest BCUT2D eigenvalue weighted by atomic mass is 79.9. The van der Waals surface area contributed by atoms with Gasteiger partial charge in [-0.3, -0.25) is 4.79 Å². The van der Waals surface area contributed by atoms with Crippen LogP contribution in [0.15, 0.2) is 41.4 Å². The van der Waals surface area contributed by atoms with Gasteiger partial charge in [0.1, 0.15) is 0 Å². The quantitative estimate of drug-likeness (QED) is 0.928. The first-order valence-corrected chi connectivity index (χ1v) is 6.95. The Morgan fingerprint density at radius 2 is 2.37 bits per heavy atom. The molecule has 1 heterocycles. The Morgan fingerprint density at radius 3 is 3.05 bits per heavy atom. The average molecular weight is 343 g/mol. The number of benzene rings is 1. The van der Waals surface area contributed by atoms with E-state index >= 15 is 0 Å². The van der Waals surface area contributed by atoms with Crippen LogP contribution < -0.4 is 5.32 Å². The summed E-state index contributed by atoms with van der Waals surface area (Å²) < 4.78 is 2.62. The molecule has 19 heavy (non-hydrogen) atoms. The molecule has 6 heteroatoms. The molecule has 1 aromatic heterocycles. The van der Waals surface area contributed by atoms with Gasteiger partial charge < -0.3 is 9.88 Å². The molecule has 1 unspecified atom stereocenters. The van der Waals surface area contributed by atoms with Gasteiger partial charge in [0.2, 0.25) is 0 Å². The van der Waals surface area contributed by atoms with E-state index in [2.05, 4.69) is 26.2 Å². The summed E-state index contributed by atoms with van der Waals surface area (Å²) in [5.74, 6) is -0.182. The number of carbonyl (C=O) groups excluding carboxylic acids is 1. The van der Waals surface area contributed by atoms with Gasteiger partial charge in [-0.05, 0) is 35.0 Å². The van der Waals surface area contributed by atoms with Gasteiger partial charge in [-0.1, -0.05) is 17.7 Å². The third kappa shape index (κ3) is 3.58. The van der Waals surface area contributed by atoms with Crippen LogP contribution in [0, 0.1) is 0 Å². The van der Waals surface area contributed by atoms with E-state index < -0.39 is 0 Å². The number of nitrogens with one attached hydrogen (secondary N) is 1. The van der Waals surface area contributed by atoms with Crippen molar-refractivity contribution in [3.05, 3.63) is 52.0 Å². The van der Waals surface area contributed by atoms with Crippen molar-refractivity contribution in [1.82, 2.24) is 14.9 Å². The third-order valence-electron chi connectivity index (χ3n) is 2.62. The van der Waals surface area contributed by atoms with Gasteiger partial charge in [0.25, 0.3) is 5.91 Å². The average Bonchev–Trinajstić information content (AvgIpc) is 2.85. The third-order valence-corrected chi connectivity index (χ3v) is 3.91. The fourth-order valence-electron chi connectivity index (χ4n) is 1.74. The van der Waals surface area contributed by atoms with Gasteiger partial charge in [0.15, 0.2) is 0 Å². The van der Waals surface area contributed by atoms with E-state index in [0.717, 1.165) is 0 Å². The number of amides is 1. The number of rotatable bonds is 4. The monoisotopic (exact) mass is 341 g/mol. The zero-order chi connectivity index (χ0) is 13.8. The lowest BCUT2D eigenvalue weighted by Crippen LogP contribution is -2.35. The molecule has 0 aliphatic heterocycles. The molecule has 1 aromatic carbocycles. The van der Waals surface area contributed by atoms with Gasteiger partial charge in [0.05, 0.1) is 16.9 Å². The Kier molecular flexibility index (Phi) is 4.61. The van der Waals surface area contributed by atoms with Crippen molar-refractivity contribution in [2.45, 2.75) is 19.5 Å². The van der Waals surface area contributed by atoms with Crippen LogP contribution in [-0.2, 0) is 6.54 Å². The second-order valence-electron chi connectivity index (χ2n) is 4.24. The minimum absolute atomic E-state index is 0.0169. The molecule has 100 valence electrons. The molecule has 2 aromatic rings. The second-order valence-corrected chi connectivity index (χ2v) is 5.47. The maximum absolute atomic E-state index is 12.1. The number of hydrogen-bond acceptors (Lipinski definition) is 2. The molecule has 1 amide bonds. The molecule has 0 radical (unpaired) electrons. The number of nitrogens with zero attached hydrogens (tertiary/aromatic N) is 2. The van der Waals surface area contributed by atoms with Crippen molar-refractivity contribution in [2.75, 3.05) is 0 Å². The molecular weight excluding hydrogens is 330 g/mol. The molecule has 0 bridgehead atoms. The molecule has 2 rings (SSSR count). The second kappa shape index (κ2) is 6.21. The van der Waals surface area contributed by atoms with E-state index in [9.17, 15) is 4.79 Å². The van der Waals surface area contributed by atoms with Gasteiger partial charge in [-0.2, -0.15) is 0 Å².